The summed E-state index contributed by atoms with van der Waals surface area (Å²) in [5, 5.41) is 9.59. The molecule has 140 valence electrons. The van der Waals surface area contributed by atoms with Crippen molar-refractivity contribution in [1.82, 2.24) is 9.97 Å². The summed E-state index contributed by atoms with van der Waals surface area (Å²) in [6.45, 7) is 1.89. The first-order valence-corrected chi connectivity index (χ1v) is 9.18. The Morgan fingerprint density at radius 3 is 2.75 bits per heavy atom. The normalized spacial score (nSPS) is 25.8. The molecule has 1 unspecified atom stereocenters. The number of nitrogens with zero attached hydrogens (tertiary/aromatic N) is 3. The zero-order valence-electron chi connectivity index (χ0n) is 15.7. The lowest BCUT2D eigenvalue weighted by molar-refractivity contribution is -0.121. The lowest BCUT2D eigenvalue weighted by Crippen LogP contribution is -2.48. The number of ether oxygens (including phenoxy) is 1. The Bertz CT molecular complexity index is 1040. The third-order valence-corrected chi connectivity index (χ3v) is 6.05. The summed E-state index contributed by atoms with van der Waals surface area (Å²) in [4.78, 5) is 33.3. The highest BCUT2D eigenvalue weighted by Gasteiger charge is 2.52. The maximum Gasteiger partial charge on any atom is 0.337 e. The van der Waals surface area contributed by atoms with Gasteiger partial charge in [-0.1, -0.05) is 19.1 Å². The van der Waals surface area contributed by atoms with Crippen LogP contribution in [0.25, 0.3) is 0 Å². The van der Waals surface area contributed by atoms with E-state index >= 15 is 0 Å². The number of carbonyl (C=O) groups excluding carboxylic acids is 2. The number of benzene rings is 1. The summed E-state index contributed by atoms with van der Waals surface area (Å²) >= 11 is 0. The van der Waals surface area contributed by atoms with E-state index < -0.39 is 11.4 Å². The third-order valence-electron chi connectivity index (χ3n) is 6.05. The molecular weight excluding hydrogens is 354 g/mol. The van der Waals surface area contributed by atoms with Gasteiger partial charge in [-0.05, 0) is 48.1 Å². The van der Waals surface area contributed by atoms with Gasteiger partial charge in [-0.3, -0.25) is 4.79 Å². The van der Waals surface area contributed by atoms with Gasteiger partial charge in [0.1, 0.15) is 12.4 Å². The molecule has 0 spiro atoms. The molecule has 0 saturated heterocycles. The van der Waals surface area contributed by atoms with Crippen LogP contribution in [0.15, 0.2) is 48.4 Å². The fourth-order valence-electron chi connectivity index (χ4n) is 4.70. The maximum absolute atomic E-state index is 12.7. The van der Waals surface area contributed by atoms with Crippen molar-refractivity contribution >= 4 is 11.8 Å². The maximum atomic E-state index is 12.7. The predicted octanol–water partition coefficient (Wildman–Crippen LogP) is 2.78. The minimum absolute atomic E-state index is 0.0246. The number of rotatable bonds is 2. The Labute approximate surface area is 162 Å². The first-order chi connectivity index (χ1) is 13.5. The van der Waals surface area contributed by atoms with Crippen molar-refractivity contribution in [2.24, 2.45) is 11.8 Å². The number of hydrogen-bond acceptors (Lipinski definition) is 6. The Kier molecular flexibility index (Phi) is 4.31. The van der Waals surface area contributed by atoms with Gasteiger partial charge in [0.05, 0.1) is 29.4 Å². The minimum atomic E-state index is -0.705. The topological polar surface area (TPSA) is 92.9 Å². The lowest BCUT2D eigenvalue weighted by Gasteiger charge is -2.47. The van der Waals surface area contributed by atoms with E-state index in [0.717, 1.165) is 29.7 Å². The molecule has 0 amide bonds. The van der Waals surface area contributed by atoms with Crippen molar-refractivity contribution in [1.29, 1.82) is 5.26 Å². The molecule has 0 N–H and O–H groups in total. The molecule has 0 radical (unpaired) electrons. The lowest BCUT2D eigenvalue weighted by atomic mass is 9.54. The van der Waals surface area contributed by atoms with Crippen LogP contribution in [0.5, 0.6) is 0 Å². The number of carbonyl (C=O) groups is 2. The number of ketones is 1. The highest BCUT2D eigenvalue weighted by Crippen LogP contribution is 2.52. The molecule has 3 atom stereocenters. The van der Waals surface area contributed by atoms with Gasteiger partial charge in [0.2, 0.25) is 0 Å². The second-order valence-corrected chi connectivity index (χ2v) is 7.30. The number of allylic oxidation sites excluding steroid dienone is 2. The first-order valence-electron chi connectivity index (χ1n) is 9.18. The van der Waals surface area contributed by atoms with E-state index in [-0.39, 0.29) is 23.2 Å². The van der Waals surface area contributed by atoms with Gasteiger partial charge >= 0.3 is 5.97 Å². The molecule has 28 heavy (non-hydrogen) atoms. The third kappa shape index (κ3) is 2.47. The molecule has 1 aromatic carbocycles. The van der Waals surface area contributed by atoms with Crippen molar-refractivity contribution in [2.75, 3.05) is 7.11 Å². The smallest absolute Gasteiger partial charge is 0.337 e. The number of methoxy groups -OCH3 is 1. The molecule has 2 aliphatic carbocycles. The molecule has 6 nitrogen and oxygen atoms in total. The summed E-state index contributed by atoms with van der Waals surface area (Å²) in [5.41, 5.74) is 2.65. The highest BCUT2D eigenvalue weighted by molar-refractivity contribution is 6.02. The standard InChI is InChI=1S/C22H19N3O3/c1-13-18-8-5-15-11-24-12-25-20(15)22(18,9-16(10-23)19(13)26)17-6-3-14(4-7-17)21(27)28-2/h3-4,6-7,9,11-13,18H,5,8H2,1-2H3/t13-,18-,22?/m0/s1. The predicted molar refractivity (Wildman–Crippen MR) is 100 cm³/mol. The number of aromatic nitrogens is 2. The molecule has 0 fully saturated rings. The van der Waals surface area contributed by atoms with Crippen LogP contribution in [0.2, 0.25) is 0 Å². The van der Waals surface area contributed by atoms with E-state index in [1.807, 2.05) is 25.3 Å². The summed E-state index contributed by atoms with van der Waals surface area (Å²) in [6.07, 6.45) is 6.67. The summed E-state index contributed by atoms with van der Waals surface area (Å²) in [6, 6.07) is 9.23. The van der Waals surface area contributed by atoms with Crippen LogP contribution in [-0.2, 0) is 21.4 Å². The van der Waals surface area contributed by atoms with Gasteiger partial charge in [-0.2, -0.15) is 5.26 Å². The van der Waals surface area contributed by atoms with Crippen LogP contribution in [-0.4, -0.2) is 28.8 Å². The molecule has 1 aromatic heterocycles. The van der Waals surface area contributed by atoms with E-state index in [4.69, 9.17) is 4.74 Å². The molecule has 4 rings (SSSR count). The van der Waals surface area contributed by atoms with Gasteiger partial charge in [-0.25, -0.2) is 14.8 Å². The fourth-order valence-corrected chi connectivity index (χ4v) is 4.70. The van der Waals surface area contributed by atoms with Crippen molar-refractivity contribution in [3.63, 3.8) is 0 Å². The minimum Gasteiger partial charge on any atom is -0.465 e. The number of fused-ring (bicyclic) bond motifs is 3. The molecule has 2 aliphatic rings. The van der Waals surface area contributed by atoms with Gasteiger partial charge in [0, 0.05) is 12.1 Å². The summed E-state index contributed by atoms with van der Waals surface area (Å²) in [7, 11) is 1.34. The van der Waals surface area contributed by atoms with Crippen molar-refractivity contribution in [3.05, 3.63) is 70.8 Å². The first kappa shape index (κ1) is 18.1. The number of Topliss-reactive ketones (excluding diaryl/α,β-unsaturated/α-hetero) is 1. The second kappa shape index (κ2) is 6.68. The van der Waals surface area contributed by atoms with Gasteiger partial charge in [-0.15, -0.1) is 0 Å². The molecule has 6 heteroatoms. The van der Waals surface area contributed by atoms with E-state index in [1.54, 1.807) is 18.2 Å². The molecule has 0 bridgehead atoms. The van der Waals surface area contributed by atoms with E-state index in [9.17, 15) is 14.9 Å². The van der Waals surface area contributed by atoms with Crippen LogP contribution >= 0.6 is 0 Å². The molecule has 0 aliphatic heterocycles. The fraction of sp³-hybridized carbons (Fsp3) is 0.318. The highest BCUT2D eigenvalue weighted by atomic mass is 16.5. The Morgan fingerprint density at radius 1 is 1.32 bits per heavy atom. The average Bonchev–Trinajstić information content (AvgIpc) is 2.75. The Balaban J connectivity index is 1.99. The van der Waals surface area contributed by atoms with E-state index in [2.05, 4.69) is 16.0 Å². The number of nitriles is 1. The largest absolute Gasteiger partial charge is 0.465 e. The van der Waals surface area contributed by atoms with Crippen molar-refractivity contribution < 1.29 is 14.3 Å². The van der Waals surface area contributed by atoms with Crippen molar-refractivity contribution in [2.45, 2.75) is 25.2 Å². The van der Waals surface area contributed by atoms with Crippen LogP contribution in [0.1, 0.15) is 40.5 Å². The second-order valence-electron chi connectivity index (χ2n) is 7.30. The van der Waals surface area contributed by atoms with Crippen LogP contribution in [0.4, 0.5) is 0 Å². The van der Waals surface area contributed by atoms with E-state index in [1.165, 1.54) is 13.4 Å². The van der Waals surface area contributed by atoms with Crippen LogP contribution in [0.3, 0.4) is 0 Å². The monoisotopic (exact) mass is 373 g/mol. The number of esters is 1. The van der Waals surface area contributed by atoms with Crippen LogP contribution in [0, 0.1) is 23.2 Å². The Hall–Kier alpha value is -3.33. The van der Waals surface area contributed by atoms with Crippen LogP contribution < -0.4 is 0 Å². The number of hydrogen-bond donors (Lipinski definition) is 0. The average molecular weight is 373 g/mol. The quantitative estimate of drug-likeness (QED) is 0.752. The van der Waals surface area contributed by atoms with Gasteiger partial charge in [0.25, 0.3) is 0 Å². The molecule has 1 heterocycles. The zero-order valence-corrected chi connectivity index (χ0v) is 15.7. The molecular formula is C22H19N3O3. The van der Waals surface area contributed by atoms with Crippen molar-refractivity contribution in [3.8, 4) is 6.07 Å². The van der Waals surface area contributed by atoms with E-state index in [0.29, 0.717) is 5.56 Å². The summed E-state index contributed by atoms with van der Waals surface area (Å²) in [5.74, 6) is -0.856. The zero-order chi connectivity index (χ0) is 19.9. The molecule has 2 aromatic rings. The Morgan fingerprint density at radius 2 is 2.07 bits per heavy atom. The molecule has 0 saturated carbocycles. The summed E-state index contributed by atoms with van der Waals surface area (Å²) < 4.78 is 4.79. The number of aryl methyl sites for hydroxylation is 1. The van der Waals surface area contributed by atoms with Gasteiger partial charge < -0.3 is 4.74 Å². The SMILES string of the molecule is COC(=O)c1ccc(C23C=C(C#N)C(=O)[C@@H](C)[C@@H]2CCc2cncnc23)cc1. The van der Waals surface area contributed by atoms with Gasteiger partial charge in [0.15, 0.2) is 5.78 Å².